The summed E-state index contributed by atoms with van der Waals surface area (Å²) in [6.07, 6.45) is 2.72. The Hall–Kier alpha value is -3.39. The summed E-state index contributed by atoms with van der Waals surface area (Å²) in [5.74, 6) is 1.44. The van der Waals surface area contributed by atoms with E-state index in [1.54, 1.807) is 19.1 Å². The van der Waals surface area contributed by atoms with Crippen molar-refractivity contribution in [3.05, 3.63) is 53.6 Å². The van der Waals surface area contributed by atoms with E-state index in [-0.39, 0.29) is 11.9 Å². The maximum Gasteiger partial charge on any atom is 0.338 e. The average molecular weight is 522 g/mol. The predicted molar refractivity (Wildman–Crippen MR) is 154 cm³/mol. The molecule has 0 atom stereocenters. The molecule has 0 radical (unpaired) electrons. The molecule has 0 spiro atoms. The molecule has 3 N–H and O–H groups in total. The van der Waals surface area contributed by atoms with Gasteiger partial charge in [0.15, 0.2) is 0 Å². The number of esters is 1. The molecule has 8 nitrogen and oxygen atoms in total. The van der Waals surface area contributed by atoms with Gasteiger partial charge in [0.25, 0.3) is 5.91 Å². The summed E-state index contributed by atoms with van der Waals surface area (Å²) in [6, 6.07) is 12.9. The largest absolute Gasteiger partial charge is 0.462 e. The Labute approximate surface area is 226 Å². The fourth-order valence-electron chi connectivity index (χ4n) is 4.19. The van der Waals surface area contributed by atoms with Crippen LogP contribution in [0.2, 0.25) is 0 Å². The Bertz CT molecular complexity index is 1190. The summed E-state index contributed by atoms with van der Waals surface area (Å²) in [7, 11) is 0. The van der Waals surface area contributed by atoms with Crippen LogP contribution in [0.4, 0.5) is 11.6 Å². The van der Waals surface area contributed by atoms with Crippen LogP contribution in [-0.2, 0) is 11.3 Å². The van der Waals surface area contributed by atoms with Crippen molar-refractivity contribution >= 4 is 34.5 Å². The molecule has 3 aromatic rings. The Morgan fingerprint density at radius 1 is 1.00 bits per heavy atom. The van der Waals surface area contributed by atoms with Crippen LogP contribution in [0.15, 0.2) is 42.5 Å². The number of hydrogen-bond acceptors (Lipinski definition) is 6. The first-order chi connectivity index (χ1) is 18.2. The molecule has 0 aliphatic heterocycles. The zero-order chi connectivity index (χ0) is 27.7. The molecule has 1 heterocycles. The van der Waals surface area contributed by atoms with Crippen molar-refractivity contribution in [2.45, 2.75) is 60.4 Å². The first kappa shape index (κ1) is 29.2. The topological polar surface area (TPSA) is 102 Å². The van der Waals surface area contributed by atoms with Gasteiger partial charge in [0.1, 0.15) is 0 Å². The van der Waals surface area contributed by atoms with Gasteiger partial charge in [-0.1, -0.05) is 27.7 Å². The second-order valence-electron chi connectivity index (χ2n) is 10.5. The summed E-state index contributed by atoms with van der Waals surface area (Å²) < 4.78 is 7.15. The highest BCUT2D eigenvalue weighted by atomic mass is 16.5. The highest BCUT2D eigenvalue weighted by Crippen LogP contribution is 2.25. The Morgan fingerprint density at radius 3 is 2.21 bits per heavy atom. The fourth-order valence-corrected chi connectivity index (χ4v) is 4.19. The van der Waals surface area contributed by atoms with Crippen LogP contribution >= 0.6 is 0 Å². The number of ether oxygens (including phenoxy) is 1. The van der Waals surface area contributed by atoms with Gasteiger partial charge in [-0.3, -0.25) is 4.79 Å². The fraction of sp³-hybridized carbons (Fsp3) is 0.500. The van der Waals surface area contributed by atoms with Gasteiger partial charge in [-0.2, -0.15) is 0 Å². The zero-order valence-electron chi connectivity index (χ0n) is 23.5. The van der Waals surface area contributed by atoms with Crippen LogP contribution < -0.4 is 11.1 Å². The highest BCUT2D eigenvalue weighted by molar-refractivity contribution is 5.98. The zero-order valence-corrected chi connectivity index (χ0v) is 23.5. The smallest absolute Gasteiger partial charge is 0.338 e. The Morgan fingerprint density at radius 2 is 1.63 bits per heavy atom. The molecular weight excluding hydrogens is 478 g/mol. The lowest BCUT2D eigenvalue weighted by Gasteiger charge is -2.24. The van der Waals surface area contributed by atoms with Crippen molar-refractivity contribution in [3.63, 3.8) is 0 Å². The number of nitrogens with two attached hydrogens (primary N) is 1. The predicted octanol–water partition coefficient (Wildman–Crippen LogP) is 5.84. The van der Waals surface area contributed by atoms with E-state index < -0.39 is 0 Å². The van der Waals surface area contributed by atoms with E-state index in [9.17, 15) is 9.59 Å². The van der Waals surface area contributed by atoms with E-state index in [4.69, 9.17) is 15.5 Å². The molecule has 0 saturated heterocycles. The summed E-state index contributed by atoms with van der Waals surface area (Å²) in [6.45, 7) is 13.6. The van der Waals surface area contributed by atoms with E-state index in [1.807, 2.05) is 35.2 Å². The van der Waals surface area contributed by atoms with Gasteiger partial charge in [-0.15, -0.1) is 0 Å². The van der Waals surface area contributed by atoms with E-state index >= 15 is 0 Å². The lowest BCUT2D eigenvalue weighted by molar-refractivity contribution is 0.0526. The number of aromatic nitrogens is 2. The number of nitrogens with zero attached hydrogens (tertiary/aromatic N) is 3. The molecule has 8 heteroatoms. The van der Waals surface area contributed by atoms with Gasteiger partial charge in [0.2, 0.25) is 5.95 Å². The first-order valence-electron chi connectivity index (χ1n) is 13.8. The van der Waals surface area contributed by atoms with Crippen LogP contribution in [0.25, 0.3) is 11.0 Å². The number of aryl methyl sites for hydroxylation is 1. The maximum absolute atomic E-state index is 13.6. The summed E-state index contributed by atoms with van der Waals surface area (Å²) >= 11 is 0. The number of fused-ring (bicyclic) bond motifs is 1. The van der Waals surface area contributed by atoms with E-state index in [2.05, 4.69) is 37.6 Å². The van der Waals surface area contributed by atoms with Gasteiger partial charge in [0, 0.05) is 30.9 Å². The molecule has 0 bridgehead atoms. The third kappa shape index (κ3) is 7.81. The van der Waals surface area contributed by atoms with Gasteiger partial charge < -0.3 is 25.3 Å². The van der Waals surface area contributed by atoms with Crippen molar-refractivity contribution in [1.29, 1.82) is 0 Å². The first-order valence-corrected chi connectivity index (χ1v) is 13.8. The lowest BCUT2D eigenvalue weighted by atomic mass is 10.1. The van der Waals surface area contributed by atoms with Crippen molar-refractivity contribution in [2.24, 2.45) is 17.6 Å². The van der Waals surface area contributed by atoms with Crippen molar-refractivity contribution in [3.8, 4) is 0 Å². The number of rotatable bonds is 14. The molecule has 2 aromatic carbocycles. The number of amides is 1. The highest BCUT2D eigenvalue weighted by Gasteiger charge is 2.19. The van der Waals surface area contributed by atoms with Crippen molar-refractivity contribution in [2.75, 3.05) is 31.6 Å². The molecule has 0 fully saturated rings. The molecule has 38 heavy (non-hydrogen) atoms. The third-order valence-electron chi connectivity index (χ3n) is 6.47. The molecule has 1 aromatic heterocycles. The normalized spacial score (nSPS) is 11.4. The Kier molecular flexibility index (Phi) is 10.7. The second-order valence-corrected chi connectivity index (χ2v) is 10.5. The third-order valence-corrected chi connectivity index (χ3v) is 6.47. The molecule has 3 rings (SSSR count). The summed E-state index contributed by atoms with van der Waals surface area (Å²) in [4.78, 5) is 32.4. The second kappa shape index (κ2) is 14.0. The van der Waals surface area contributed by atoms with Gasteiger partial charge in [-0.05, 0) is 87.0 Å². The van der Waals surface area contributed by atoms with Crippen molar-refractivity contribution < 1.29 is 14.3 Å². The minimum absolute atomic E-state index is 0.0591. The number of carbonyl (C=O) groups is 2. The standard InChI is InChI=1S/C30H43N5O3/c1-6-38-29(37)23-8-11-25(12-9-23)32-30-33-26-13-10-24(20-27(26)35(30)17-7-16-31)28(36)34(18-14-21(2)3)19-15-22(4)5/h8-13,20-22H,6-7,14-19,31H2,1-5H3,(H,32,33). The van der Waals surface area contributed by atoms with E-state index in [0.717, 1.165) is 49.1 Å². The number of hydrogen-bond donors (Lipinski definition) is 2. The van der Waals surface area contributed by atoms with Crippen LogP contribution in [0.3, 0.4) is 0 Å². The molecular formula is C30H43N5O3. The SMILES string of the molecule is CCOC(=O)c1ccc(Nc2nc3ccc(C(=O)N(CCC(C)C)CCC(C)C)cc3n2CCCN)cc1. The van der Waals surface area contributed by atoms with Crippen molar-refractivity contribution in [1.82, 2.24) is 14.5 Å². The van der Waals surface area contributed by atoms with E-state index in [0.29, 0.717) is 48.6 Å². The average Bonchev–Trinajstić information content (AvgIpc) is 3.23. The van der Waals surface area contributed by atoms with Gasteiger partial charge >= 0.3 is 5.97 Å². The minimum Gasteiger partial charge on any atom is -0.462 e. The minimum atomic E-state index is -0.345. The lowest BCUT2D eigenvalue weighted by Crippen LogP contribution is -2.34. The molecule has 0 saturated carbocycles. The number of nitrogens with one attached hydrogen (secondary N) is 1. The molecule has 0 aliphatic rings. The maximum atomic E-state index is 13.6. The van der Waals surface area contributed by atoms with Gasteiger partial charge in [0.05, 0.1) is 23.2 Å². The number of anilines is 2. The molecule has 1 amide bonds. The number of imidazole rings is 1. The summed E-state index contributed by atoms with van der Waals surface area (Å²) in [5.41, 5.74) is 9.50. The molecule has 206 valence electrons. The van der Waals surface area contributed by atoms with Crippen LogP contribution in [0, 0.1) is 11.8 Å². The number of carbonyl (C=O) groups excluding carboxylic acids is 2. The monoisotopic (exact) mass is 521 g/mol. The quantitative estimate of drug-likeness (QED) is 0.258. The van der Waals surface area contributed by atoms with E-state index in [1.165, 1.54) is 0 Å². The molecule has 0 unspecified atom stereocenters. The Balaban J connectivity index is 1.90. The van der Waals surface area contributed by atoms with Gasteiger partial charge in [-0.25, -0.2) is 9.78 Å². The van der Waals surface area contributed by atoms with Crippen LogP contribution in [-0.4, -0.2) is 52.6 Å². The number of benzene rings is 2. The summed E-state index contributed by atoms with van der Waals surface area (Å²) in [5, 5.41) is 3.37. The van der Waals surface area contributed by atoms with Crippen LogP contribution in [0.1, 0.15) is 74.6 Å². The van der Waals surface area contributed by atoms with Crippen LogP contribution in [0.5, 0.6) is 0 Å². The molecule has 0 aliphatic carbocycles.